The second-order valence-electron chi connectivity index (χ2n) is 3.60. The Labute approximate surface area is 103 Å². The smallest absolute Gasteiger partial charge is 0.225 e. The number of methoxy groups -OCH3 is 1. The van der Waals surface area contributed by atoms with Crippen LogP contribution in [0.2, 0.25) is 0 Å². The van der Waals surface area contributed by atoms with E-state index in [1.54, 1.807) is 19.5 Å². The molecule has 6 heteroatoms. The van der Waals surface area contributed by atoms with Gasteiger partial charge in [0.2, 0.25) is 5.95 Å². The predicted molar refractivity (Wildman–Crippen MR) is 63.6 cm³/mol. The van der Waals surface area contributed by atoms with E-state index in [4.69, 9.17) is 9.47 Å². The van der Waals surface area contributed by atoms with E-state index in [1.807, 2.05) is 0 Å². The monoisotopic (exact) mass is 287 g/mol. The maximum atomic E-state index is 5.56. The number of nitrogens with zero attached hydrogens (tertiary/aromatic N) is 3. The predicted octanol–water partition coefficient (Wildman–Crippen LogP) is 1.09. The molecule has 0 saturated carbocycles. The van der Waals surface area contributed by atoms with Crippen molar-refractivity contribution in [2.24, 2.45) is 0 Å². The number of hydrogen-bond acceptors (Lipinski definition) is 5. The summed E-state index contributed by atoms with van der Waals surface area (Å²) in [5.41, 5.74) is 0. The molecule has 1 aromatic heterocycles. The Hall–Kier alpha value is -0.720. The van der Waals surface area contributed by atoms with Gasteiger partial charge >= 0.3 is 0 Å². The van der Waals surface area contributed by atoms with E-state index in [0.717, 1.165) is 23.5 Å². The van der Waals surface area contributed by atoms with Gasteiger partial charge in [0.25, 0.3) is 0 Å². The van der Waals surface area contributed by atoms with Gasteiger partial charge in [-0.3, -0.25) is 0 Å². The molecule has 0 radical (unpaired) electrons. The van der Waals surface area contributed by atoms with Gasteiger partial charge in [-0.05, 0) is 15.9 Å². The van der Waals surface area contributed by atoms with E-state index in [-0.39, 0.29) is 6.10 Å². The Morgan fingerprint density at radius 1 is 1.56 bits per heavy atom. The largest absolute Gasteiger partial charge is 0.382 e. The molecule has 2 rings (SSSR count). The second kappa shape index (κ2) is 5.56. The quantitative estimate of drug-likeness (QED) is 0.833. The summed E-state index contributed by atoms with van der Waals surface area (Å²) < 4.78 is 11.5. The number of halogens is 1. The number of rotatable bonds is 3. The molecule has 0 N–H and O–H groups in total. The maximum Gasteiger partial charge on any atom is 0.225 e. The summed E-state index contributed by atoms with van der Waals surface area (Å²) in [5, 5.41) is 0. The maximum absolute atomic E-state index is 5.56. The highest BCUT2D eigenvalue weighted by atomic mass is 79.9. The van der Waals surface area contributed by atoms with Gasteiger partial charge in [-0.1, -0.05) is 0 Å². The summed E-state index contributed by atoms with van der Waals surface area (Å²) >= 11 is 3.32. The molecule has 16 heavy (non-hydrogen) atoms. The van der Waals surface area contributed by atoms with E-state index in [1.165, 1.54) is 0 Å². The van der Waals surface area contributed by atoms with Crippen molar-refractivity contribution in [2.75, 3.05) is 38.3 Å². The van der Waals surface area contributed by atoms with Crippen LogP contribution in [0, 0.1) is 0 Å². The number of hydrogen-bond donors (Lipinski definition) is 0. The van der Waals surface area contributed by atoms with Crippen molar-refractivity contribution in [3.63, 3.8) is 0 Å². The molecule has 0 aromatic carbocycles. The van der Waals surface area contributed by atoms with Gasteiger partial charge in [-0.2, -0.15) is 0 Å². The molecule has 1 aliphatic rings. The first-order valence-corrected chi connectivity index (χ1v) is 5.92. The van der Waals surface area contributed by atoms with Gasteiger partial charge in [0.15, 0.2) is 0 Å². The molecule has 0 unspecified atom stereocenters. The average molecular weight is 288 g/mol. The highest BCUT2D eigenvalue weighted by molar-refractivity contribution is 9.10. The Morgan fingerprint density at radius 2 is 2.31 bits per heavy atom. The molecule has 1 atom stereocenters. The van der Waals surface area contributed by atoms with Crippen molar-refractivity contribution in [3.05, 3.63) is 16.9 Å². The molecular weight excluding hydrogens is 274 g/mol. The molecule has 1 saturated heterocycles. The Morgan fingerprint density at radius 3 is 3.00 bits per heavy atom. The number of ether oxygens (including phenoxy) is 2. The summed E-state index contributed by atoms with van der Waals surface area (Å²) in [4.78, 5) is 10.6. The van der Waals surface area contributed by atoms with Crippen molar-refractivity contribution in [3.8, 4) is 0 Å². The van der Waals surface area contributed by atoms with Crippen LogP contribution in [-0.2, 0) is 9.47 Å². The van der Waals surface area contributed by atoms with Gasteiger partial charge in [-0.15, -0.1) is 0 Å². The molecular formula is C10H14BrN3O2. The van der Waals surface area contributed by atoms with E-state index in [2.05, 4.69) is 30.8 Å². The average Bonchev–Trinajstić information content (AvgIpc) is 2.31. The lowest BCUT2D eigenvalue weighted by atomic mass is 10.3. The van der Waals surface area contributed by atoms with Crippen LogP contribution in [0.3, 0.4) is 0 Å². The minimum absolute atomic E-state index is 0.103. The molecule has 0 spiro atoms. The minimum Gasteiger partial charge on any atom is -0.382 e. The Balaban J connectivity index is 2.01. The van der Waals surface area contributed by atoms with Crippen LogP contribution in [0.25, 0.3) is 0 Å². The first-order chi connectivity index (χ1) is 7.79. The lowest BCUT2D eigenvalue weighted by molar-refractivity contribution is -0.0104. The van der Waals surface area contributed by atoms with E-state index in [0.29, 0.717) is 13.2 Å². The lowest BCUT2D eigenvalue weighted by Crippen LogP contribution is -2.45. The number of aromatic nitrogens is 2. The minimum atomic E-state index is 0.103. The first kappa shape index (κ1) is 11.8. The standard InChI is InChI=1S/C10H14BrN3O2/c1-15-7-9-6-14(2-3-16-9)10-12-4-8(11)5-13-10/h4-5,9H,2-3,6-7H2,1H3/t9-/m1/s1. The van der Waals surface area contributed by atoms with Gasteiger partial charge < -0.3 is 14.4 Å². The zero-order valence-corrected chi connectivity index (χ0v) is 10.7. The molecule has 88 valence electrons. The van der Waals surface area contributed by atoms with E-state index < -0.39 is 0 Å². The highest BCUT2D eigenvalue weighted by Gasteiger charge is 2.21. The fourth-order valence-corrected chi connectivity index (χ4v) is 1.86. The zero-order chi connectivity index (χ0) is 11.4. The highest BCUT2D eigenvalue weighted by Crippen LogP contribution is 2.14. The molecule has 1 aliphatic heterocycles. The summed E-state index contributed by atoms with van der Waals surface area (Å²) in [6.07, 6.45) is 3.61. The molecule has 0 amide bonds. The molecule has 5 nitrogen and oxygen atoms in total. The Kier molecular flexibility index (Phi) is 4.09. The third-order valence-electron chi connectivity index (χ3n) is 2.38. The summed E-state index contributed by atoms with van der Waals surface area (Å²) in [5.74, 6) is 0.743. The van der Waals surface area contributed by atoms with Crippen molar-refractivity contribution in [1.29, 1.82) is 0 Å². The summed E-state index contributed by atoms with van der Waals surface area (Å²) in [6, 6.07) is 0. The van der Waals surface area contributed by atoms with Crippen molar-refractivity contribution >= 4 is 21.9 Å². The number of morpholine rings is 1. The fraction of sp³-hybridized carbons (Fsp3) is 0.600. The van der Waals surface area contributed by atoms with Gasteiger partial charge in [0, 0.05) is 32.6 Å². The molecule has 0 bridgehead atoms. The lowest BCUT2D eigenvalue weighted by Gasteiger charge is -2.32. The van der Waals surface area contributed by atoms with Crippen LogP contribution in [0.1, 0.15) is 0 Å². The van der Waals surface area contributed by atoms with E-state index in [9.17, 15) is 0 Å². The van der Waals surface area contributed by atoms with Crippen molar-refractivity contribution in [1.82, 2.24) is 9.97 Å². The number of anilines is 1. The zero-order valence-electron chi connectivity index (χ0n) is 9.10. The van der Waals surface area contributed by atoms with Crippen LogP contribution in [0.4, 0.5) is 5.95 Å². The molecule has 1 fully saturated rings. The van der Waals surface area contributed by atoms with Crippen molar-refractivity contribution in [2.45, 2.75) is 6.10 Å². The normalized spacial score (nSPS) is 21.1. The first-order valence-electron chi connectivity index (χ1n) is 5.12. The fourth-order valence-electron chi connectivity index (χ4n) is 1.66. The van der Waals surface area contributed by atoms with Crippen molar-refractivity contribution < 1.29 is 9.47 Å². The SMILES string of the molecule is COC[C@H]1CN(c2ncc(Br)cn2)CCO1. The Bertz CT molecular complexity index is 331. The van der Waals surface area contributed by atoms with Crippen LogP contribution < -0.4 is 4.90 Å². The third kappa shape index (κ3) is 2.90. The topological polar surface area (TPSA) is 47.5 Å². The van der Waals surface area contributed by atoms with E-state index >= 15 is 0 Å². The van der Waals surface area contributed by atoms with Crippen LogP contribution in [0.5, 0.6) is 0 Å². The molecule has 1 aromatic rings. The van der Waals surface area contributed by atoms with Crippen LogP contribution in [0.15, 0.2) is 16.9 Å². The van der Waals surface area contributed by atoms with Crippen LogP contribution >= 0.6 is 15.9 Å². The second-order valence-corrected chi connectivity index (χ2v) is 4.51. The third-order valence-corrected chi connectivity index (χ3v) is 2.79. The van der Waals surface area contributed by atoms with Crippen LogP contribution in [-0.4, -0.2) is 49.5 Å². The summed E-state index contributed by atoms with van der Waals surface area (Å²) in [6.45, 7) is 2.89. The molecule has 2 heterocycles. The van der Waals surface area contributed by atoms with Gasteiger partial charge in [-0.25, -0.2) is 9.97 Å². The van der Waals surface area contributed by atoms with Gasteiger partial charge in [0.05, 0.1) is 23.8 Å². The summed E-state index contributed by atoms with van der Waals surface area (Å²) in [7, 11) is 1.68. The molecule has 0 aliphatic carbocycles. The van der Waals surface area contributed by atoms with Gasteiger partial charge in [0.1, 0.15) is 0 Å².